The van der Waals surface area contributed by atoms with Gasteiger partial charge in [0.05, 0.1) is 12.8 Å². The van der Waals surface area contributed by atoms with Crippen molar-refractivity contribution in [3.63, 3.8) is 0 Å². The molecule has 150 valence electrons. The van der Waals surface area contributed by atoms with Crippen molar-refractivity contribution in [3.05, 3.63) is 89.0 Å². The molecule has 4 rings (SSSR count). The van der Waals surface area contributed by atoms with E-state index in [1.807, 2.05) is 30.0 Å². The van der Waals surface area contributed by atoms with E-state index in [-0.39, 0.29) is 17.4 Å². The molecule has 5 heteroatoms. The highest BCUT2D eigenvalue weighted by Gasteiger charge is 2.26. The molecule has 0 aromatic heterocycles. The van der Waals surface area contributed by atoms with Gasteiger partial charge in [-0.05, 0) is 54.8 Å². The van der Waals surface area contributed by atoms with Gasteiger partial charge in [0, 0.05) is 28.8 Å². The summed E-state index contributed by atoms with van der Waals surface area (Å²) in [6.07, 6.45) is 0.876. The number of rotatable bonds is 4. The summed E-state index contributed by atoms with van der Waals surface area (Å²) in [6, 6.07) is 18.4. The number of aryl methyl sites for hydroxylation is 1. The Kier molecular flexibility index (Phi) is 5.76. The van der Waals surface area contributed by atoms with Gasteiger partial charge in [0.25, 0.3) is 0 Å². The number of thioether (sulfide) groups is 1. The molecule has 3 aromatic carbocycles. The first kappa shape index (κ1) is 19.8. The molecule has 0 radical (unpaired) electrons. The Hall–Kier alpha value is -2.53. The average Bonchev–Trinajstić information content (AvgIpc) is 2.91. The van der Waals surface area contributed by atoms with Gasteiger partial charge in [-0.25, -0.2) is 8.78 Å². The van der Waals surface area contributed by atoms with Crippen LogP contribution in [-0.4, -0.2) is 13.7 Å². The molecule has 1 atom stereocenters. The number of hydrogen-bond donors (Lipinski definition) is 0. The lowest BCUT2D eigenvalue weighted by Gasteiger charge is -2.27. The van der Waals surface area contributed by atoms with Crippen molar-refractivity contribution in [2.45, 2.75) is 30.0 Å². The number of para-hydroxylation sites is 1. The summed E-state index contributed by atoms with van der Waals surface area (Å²) in [5.41, 5.74) is 3.52. The number of ether oxygens (including phenoxy) is 1. The molecule has 1 unspecified atom stereocenters. The minimum atomic E-state index is -0.497. The van der Waals surface area contributed by atoms with Crippen LogP contribution in [0.4, 0.5) is 14.5 Å². The zero-order valence-corrected chi connectivity index (χ0v) is 17.3. The Labute approximate surface area is 174 Å². The van der Waals surface area contributed by atoms with Gasteiger partial charge >= 0.3 is 0 Å². The second-order valence-electron chi connectivity index (χ2n) is 7.21. The van der Waals surface area contributed by atoms with Gasteiger partial charge in [-0.1, -0.05) is 30.3 Å². The fourth-order valence-corrected chi connectivity index (χ4v) is 5.20. The SMILES string of the molecule is COc1ccc(C2CCN(Cc3c(F)cccc3F)c3c(C)cccc3S2)cc1. The van der Waals surface area contributed by atoms with Crippen LogP contribution >= 0.6 is 11.8 Å². The topological polar surface area (TPSA) is 12.5 Å². The predicted octanol–water partition coefficient (Wildman–Crippen LogP) is 6.53. The summed E-state index contributed by atoms with van der Waals surface area (Å²) in [4.78, 5) is 3.25. The summed E-state index contributed by atoms with van der Waals surface area (Å²) in [5.74, 6) is -0.159. The summed E-state index contributed by atoms with van der Waals surface area (Å²) in [6.45, 7) is 2.99. The van der Waals surface area contributed by atoms with E-state index in [1.54, 1.807) is 7.11 Å². The van der Waals surface area contributed by atoms with E-state index in [0.717, 1.165) is 34.9 Å². The van der Waals surface area contributed by atoms with Gasteiger partial charge in [0.15, 0.2) is 0 Å². The smallest absolute Gasteiger partial charge is 0.131 e. The van der Waals surface area contributed by atoms with Gasteiger partial charge in [-0.3, -0.25) is 0 Å². The number of benzene rings is 3. The van der Waals surface area contributed by atoms with E-state index >= 15 is 0 Å². The minimum Gasteiger partial charge on any atom is -0.497 e. The van der Waals surface area contributed by atoms with Crippen molar-refractivity contribution in [3.8, 4) is 5.75 Å². The summed E-state index contributed by atoms with van der Waals surface area (Å²) in [5, 5.41) is 0.261. The van der Waals surface area contributed by atoms with E-state index in [0.29, 0.717) is 0 Å². The zero-order valence-electron chi connectivity index (χ0n) is 16.5. The lowest BCUT2D eigenvalue weighted by Crippen LogP contribution is -2.26. The van der Waals surface area contributed by atoms with E-state index in [2.05, 4.69) is 36.1 Å². The van der Waals surface area contributed by atoms with Crippen LogP contribution in [-0.2, 0) is 6.54 Å². The van der Waals surface area contributed by atoms with Crippen molar-refractivity contribution in [1.29, 1.82) is 0 Å². The quantitative estimate of drug-likeness (QED) is 0.485. The molecule has 0 saturated carbocycles. The Morgan fingerprint density at radius 1 is 1.00 bits per heavy atom. The van der Waals surface area contributed by atoms with Crippen LogP contribution in [0.1, 0.15) is 28.4 Å². The summed E-state index contributed by atoms with van der Waals surface area (Å²) >= 11 is 1.81. The highest BCUT2D eigenvalue weighted by Crippen LogP contribution is 2.46. The normalized spacial score (nSPS) is 16.3. The molecule has 3 aromatic rings. The third-order valence-corrected chi connectivity index (χ3v) is 6.72. The molecule has 0 spiro atoms. The highest BCUT2D eigenvalue weighted by atomic mass is 32.2. The van der Waals surface area contributed by atoms with Crippen molar-refractivity contribution in [2.24, 2.45) is 0 Å². The van der Waals surface area contributed by atoms with Gasteiger partial charge in [0.1, 0.15) is 17.4 Å². The molecule has 0 aliphatic carbocycles. The van der Waals surface area contributed by atoms with E-state index < -0.39 is 11.6 Å². The number of halogens is 2. The van der Waals surface area contributed by atoms with Crippen molar-refractivity contribution in [2.75, 3.05) is 18.6 Å². The van der Waals surface area contributed by atoms with Crippen molar-refractivity contribution >= 4 is 17.4 Å². The largest absolute Gasteiger partial charge is 0.497 e. The first-order valence-corrected chi connectivity index (χ1v) is 10.5. The van der Waals surface area contributed by atoms with Gasteiger partial charge in [-0.2, -0.15) is 0 Å². The maximum atomic E-state index is 14.3. The molecule has 1 aliphatic heterocycles. The van der Waals surface area contributed by atoms with Crippen LogP contribution in [0.5, 0.6) is 5.75 Å². The van der Waals surface area contributed by atoms with Crippen LogP contribution in [0.2, 0.25) is 0 Å². The summed E-state index contributed by atoms with van der Waals surface area (Å²) in [7, 11) is 1.66. The molecule has 0 N–H and O–H groups in total. The highest BCUT2D eigenvalue weighted by molar-refractivity contribution is 7.99. The fraction of sp³-hybridized carbons (Fsp3) is 0.250. The molecule has 29 heavy (non-hydrogen) atoms. The molecule has 1 heterocycles. The van der Waals surface area contributed by atoms with Crippen LogP contribution in [0.15, 0.2) is 65.6 Å². The van der Waals surface area contributed by atoms with Crippen LogP contribution in [0.3, 0.4) is 0 Å². The average molecular weight is 412 g/mol. The van der Waals surface area contributed by atoms with Crippen molar-refractivity contribution in [1.82, 2.24) is 0 Å². The monoisotopic (exact) mass is 411 g/mol. The number of methoxy groups -OCH3 is 1. The number of hydrogen-bond acceptors (Lipinski definition) is 3. The van der Waals surface area contributed by atoms with Crippen LogP contribution in [0.25, 0.3) is 0 Å². The van der Waals surface area contributed by atoms with Crippen molar-refractivity contribution < 1.29 is 13.5 Å². The molecule has 0 fully saturated rings. The third-order valence-electron chi connectivity index (χ3n) is 5.35. The molecular formula is C24H23F2NOS. The first-order valence-electron chi connectivity index (χ1n) is 9.65. The molecule has 0 saturated heterocycles. The second kappa shape index (κ2) is 8.46. The first-order chi connectivity index (χ1) is 14.1. The van der Waals surface area contributed by atoms with E-state index in [4.69, 9.17) is 4.74 Å². The number of fused-ring (bicyclic) bond motifs is 1. The molecule has 1 aliphatic rings. The molecular weight excluding hydrogens is 388 g/mol. The lowest BCUT2D eigenvalue weighted by atomic mass is 10.1. The van der Waals surface area contributed by atoms with Gasteiger partial charge in [0.2, 0.25) is 0 Å². The summed E-state index contributed by atoms with van der Waals surface area (Å²) < 4.78 is 33.9. The van der Waals surface area contributed by atoms with E-state index in [9.17, 15) is 8.78 Å². The predicted molar refractivity (Wildman–Crippen MR) is 115 cm³/mol. The third kappa shape index (κ3) is 4.10. The maximum absolute atomic E-state index is 14.3. The standard InChI is InChI=1S/C24H23F2NOS/c1-16-5-3-8-23-24(16)27(15-19-20(25)6-4-7-21(19)26)14-13-22(29-23)17-9-11-18(28-2)12-10-17/h3-12,22H,13-15H2,1-2H3. The molecule has 0 bridgehead atoms. The van der Waals surface area contributed by atoms with Gasteiger partial charge < -0.3 is 9.64 Å². The van der Waals surface area contributed by atoms with E-state index in [1.165, 1.54) is 23.8 Å². The Morgan fingerprint density at radius 2 is 1.69 bits per heavy atom. The Balaban J connectivity index is 1.68. The molecule has 0 amide bonds. The minimum absolute atomic E-state index is 0.120. The number of nitrogens with zero attached hydrogens (tertiary/aromatic N) is 1. The number of anilines is 1. The maximum Gasteiger partial charge on any atom is 0.131 e. The van der Waals surface area contributed by atoms with Gasteiger partial charge in [-0.15, -0.1) is 11.8 Å². The zero-order chi connectivity index (χ0) is 20.4. The fourth-order valence-electron chi connectivity index (χ4n) is 3.82. The van der Waals surface area contributed by atoms with Crippen LogP contribution in [0, 0.1) is 18.6 Å². The Bertz CT molecular complexity index is 986. The molecule has 2 nitrogen and oxygen atoms in total. The Morgan fingerprint density at radius 3 is 2.38 bits per heavy atom. The second-order valence-corrected chi connectivity index (χ2v) is 8.46. The lowest BCUT2D eigenvalue weighted by molar-refractivity contribution is 0.414. The van der Waals surface area contributed by atoms with Crippen LogP contribution < -0.4 is 9.64 Å².